The molecular weight excluding hydrogens is 364 g/mol. The van der Waals surface area contributed by atoms with Crippen molar-refractivity contribution in [3.63, 3.8) is 0 Å². The second-order valence-electron chi connectivity index (χ2n) is 7.82. The fraction of sp³-hybridized carbons (Fsp3) is 0.455. The molecule has 7 nitrogen and oxygen atoms in total. The smallest absolute Gasteiger partial charge is 0.233 e. The van der Waals surface area contributed by atoms with E-state index in [9.17, 15) is 4.79 Å². The second kappa shape index (κ2) is 7.81. The van der Waals surface area contributed by atoms with Crippen LogP contribution in [0.5, 0.6) is 0 Å². The van der Waals surface area contributed by atoms with E-state index in [4.69, 9.17) is 9.98 Å². The maximum atomic E-state index is 11.9. The lowest BCUT2D eigenvalue weighted by atomic mass is 9.98. The molecule has 4 rings (SSSR count). The molecule has 7 heteroatoms. The van der Waals surface area contributed by atoms with Gasteiger partial charge in [-0.3, -0.25) is 9.89 Å². The molecule has 0 aliphatic carbocycles. The summed E-state index contributed by atoms with van der Waals surface area (Å²) in [5.41, 5.74) is 1.96. The second-order valence-corrected chi connectivity index (χ2v) is 7.82. The maximum Gasteiger partial charge on any atom is 0.233 e. The van der Waals surface area contributed by atoms with Crippen LogP contribution in [0, 0.1) is 0 Å². The Labute approximate surface area is 172 Å². The fourth-order valence-corrected chi connectivity index (χ4v) is 4.39. The van der Waals surface area contributed by atoms with Crippen LogP contribution in [0.1, 0.15) is 32.8 Å². The third-order valence-corrected chi connectivity index (χ3v) is 5.79. The van der Waals surface area contributed by atoms with Gasteiger partial charge >= 0.3 is 0 Å². The average molecular weight is 393 g/mol. The van der Waals surface area contributed by atoms with E-state index in [2.05, 4.69) is 47.7 Å². The third kappa shape index (κ3) is 3.24. The van der Waals surface area contributed by atoms with Crippen LogP contribution in [-0.4, -0.2) is 60.4 Å². The van der Waals surface area contributed by atoms with Gasteiger partial charge in [0.2, 0.25) is 5.95 Å². The van der Waals surface area contributed by atoms with E-state index in [1.807, 2.05) is 36.3 Å². The lowest BCUT2D eigenvalue weighted by Crippen LogP contribution is -2.58. The molecule has 0 bridgehead atoms. The Morgan fingerprint density at radius 3 is 2.66 bits per heavy atom. The Morgan fingerprint density at radius 2 is 2.00 bits per heavy atom. The first-order valence-corrected chi connectivity index (χ1v) is 10.3. The highest BCUT2D eigenvalue weighted by Gasteiger charge is 2.39. The topological polar surface area (TPSA) is 64.9 Å². The van der Waals surface area contributed by atoms with Crippen LogP contribution >= 0.6 is 0 Å². The number of nitrogens with zero attached hydrogens (tertiary/aromatic N) is 6. The van der Waals surface area contributed by atoms with Crippen molar-refractivity contribution in [2.75, 3.05) is 34.8 Å². The number of hydrogen-bond donors (Lipinski definition) is 0. The van der Waals surface area contributed by atoms with E-state index < -0.39 is 0 Å². The van der Waals surface area contributed by atoms with Gasteiger partial charge in [0.25, 0.3) is 0 Å². The minimum atomic E-state index is -0.211. The van der Waals surface area contributed by atoms with Crippen LogP contribution in [-0.2, 0) is 4.79 Å². The van der Waals surface area contributed by atoms with Crippen molar-refractivity contribution in [3.05, 3.63) is 42.1 Å². The number of carbonyl (C=O) groups excluding carboxylic acids is 1. The van der Waals surface area contributed by atoms with Gasteiger partial charge in [0.1, 0.15) is 18.2 Å². The number of amidine groups is 1. The summed E-state index contributed by atoms with van der Waals surface area (Å²) in [6.07, 6.45) is 3.75. The summed E-state index contributed by atoms with van der Waals surface area (Å²) >= 11 is 0. The van der Waals surface area contributed by atoms with E-state index in [1.165, 1.54) is 0 Å². The van der Waals surface area contributed by atoms with Crippen LogP contribution in [0.2, 0.25) is 0 Å². The molecule has 0 fully saturated rings. The van der Waals surface area contributed by atoms with Crippen molar-refractivity contribution in [3.8, 4) is 0 Å². The number of fused-ring (bicyclic) bond motifs is 1. The molecule has 2 aromatic rings. The highest BCUT2D eigenvalue weighted by atomic mass is 16.1. The highest BCUT2D eigenvalue weighted by Crippen LogP contribution is 2.38. The standard InChI is InChI=1S/C22H28N6O/c1-5-17-19(14-29)26(4)18-13-24-22(25-21(18)28(17)15(2)3)27-12-11-23-20(27)16-9-7-6-8-10-16/h6-10,13-15,17,19H,5,11-12H2,1-4H3. The van der Waals surface area contributed by atoms with Crippen LogP contribution in [0.3, 0.4) is 0 Å². The zero-order chi connectivity index (χ0) is 20.5. The van der Waals surface area contributed by atoms with Crippen LogP contribution < -0.4 is 14.7 Å². The number of aromatic nitrogens is 2. The summed E-state index contributed by atoms with van der Waals surface area (Å²) < 4.78 is 0. The van der Waals surface area contributed by atoms with Gasteiger partial charge in [0.05, 0.1) is 24.5 Å². The minimum absolute atomic E-state index is 0.0774. The zero-order valence-electron chi connectivity index (χ0n) is 17.5. The fourth-order valence-electron chi connectivity index (χ4n) is 4.39. The van der Waals surface area contributed by atoms with Crippen molar-refractivity contribution in [2.45, 2.75) is 45.3 Å². The molecule has 0 saturated heterocycles. The molecule has 3 heterocycles. The van der Waals surface area contributed by atoms with E-state index in [0.29, 0.717) is 5.95 Å². The van der Waals surface area contributed by atoms with Crippen LogP contribution in [0.25, 0.3) is 0 Å². The number of carbonyl (C=O) groups is 1. The number of likely N-dealkylation sites (N-methyl/N-ethyl adjacent to an activating group) is 1. The Morgan fingerprint density at radius 1 is 1.24 bits per heavy atom. The first kappa shape index (κ1) is 19.4. The summed E-state index contributed by atoms with van der Waals surface area (Å²) in [5, 5.41) is 0. The van der Waals surface area contributed by atoms with Gasteiger partial charge in [0, 0.05) is 25.2 Å². The first-order valence-electron chi connectivity index (χ1n) is 10.3. The summed E-state index contributed by atoms with van der Waals surface area (Å²) in [4.78, 5) is 32.6. The number of aldehydes is 1. The molecule has 0 N–H and O–H groups in total. The Kier molecular flexibility index (Phi) is 5.22. The van der Waals surface area contributed by atoms with Gasteiger partial charge < -0.3 is 14.6 Å². The van der Waals surface area contributed by atoms with Crippen molar-refractivity contribution in [1.82, 2.24) is 9.97 Å². The number of anilines is 3. The monoisotopic (exact) mass is 392 g/mol. The lowest BCUT2D eigenvalue weighted by molar-refractivity contribution is -0.109. The number of hydrogen-bond acceptors (Lipinski definition) is 7. The Balaban J connectivity index is 1.77. The maximum absolute atomic E-state index is 11.9. The number of aliphatic imine (C=N–C) groups is 1. The third-order valence-electron chi connectivity index (χ3n) is 5.79. The normalized spacial score (nSPS) is 21.4. The van der Waals surface area contributed by atoms with Crippen molar-refractivity contribution >= 4 is 29.6 Å². The molecule has 1 aromatic heterocycles. The van der Waals surface area contributed by atoms with E-state index in [-0.39, 0.29) is 18.1 Å². The predicted molar refractivity (Wildman–Crippen MR) is 117 cm³/mol. The molecule has 0 spiro atoms. The summed E-state index contributed by atoms with van der Waals surface area (Å²) in [7, 11) is 1.95. The molecule has 2 atom stereocenters. The zero-order valence-corrected chi connectivity index (χ0v) is 17.5. The summed E-state index contributed by atoms with van der Waals surface area (Å²) in [5.74, 6) is 2.45. The van der Waals surface area contributed by atoms with Gasteiger partial charge in [-0.05, 0) is 20.3 Å². The molecular formula is C22H28N6O. The minimum Gasteiger partial charge on any atom is -0.359 e. The van der Waals surface area contributed by atoms with Crippen molar-refractivity contribution in [2.24, 2.45) is 4.99 Å². The molecule has 152 valence electrons. The predicted octanol–water partition coefficient (Wildman–Crippen LogP) is 2.75. The summed E-state index contributed by atoms with van der Waals surface area (Å²) in [6, 6.07) is 10.2. The summed E-state index contributed by atoms with van der Waals surface area (Å²) in [6.45, 7) is 7.90. The van der Waals surface area contributed by atoms with E-state index >= 15 is 0 Å². The van der Waals surface area contributed by atoms with E-state index in [0.717, 1.165) is 48.7 Å². The van der Waals surface area contributed by atoms with Gasteiger partial charge in [-0.15, -0.1) is 0 Å². The largest absolute Gasteiger partial charge is 0.359 e. The molecule has 0 saturated carbocycles. The van der Waals surface area contributed by atoms with Crippen LogP contribution in [0.4, 0.5) is 17.5 Å². The van der Waals surface area contributed by atoms with Crippen molar-refractivity contribution in [1.29, 1.82) is 0 Å². The molecule has 2 aliphatic heterocycles. The molecule has 0 amide bonds. The quantitative estimate of drug-likeness (QED) is 0.729. The molecule has 1 aromatic carbocycles. The van der Waals surface area contributed by atoms with Gasteiger partial charge in [-0.25, -0.2) is 4.98 Å². The molecule has 0 radical (unpaired) electrons. The molecule has 2 unspecified atom stereocenters. The van der Waals surface area contributed by atoms with Gasteiger partial charge in [-0.2, -0.15) is 4.98 Å². The highest BCUT2D eigenvalue weighted by molar-refractivity contribution is 6.10. The number of benzene rings is 1. The van der Waals surface area contributed by atoms with Crippen molar-refractivity contribution < 1.29 is 4.79 Å². The first-order chi connectivity index (χ1) is 14.1. The van der Waals surface area contributed by atoms with Crippen LogP contribution in [0.15, 0.2) is 41.5 Å². The molecule has 2 aliphatic rings. The van der Waals surface area contributed by atoms with Gasteiger partial charge in [-0.1, -0.05) is 37.3 Å². The van der Waals surface area contributed by atoms with E-state index in [1.54, 1.807) is 0 Å². The Bertz CT molecular complexity index is 913. The Hall–Kier alpha value is -2.96. The number of rotatable bonds is 5. The van der Waals surface area contributed by atoms with Gasteiger partial charge in [0.15, 0.2) is 5.82 Å². The SMILES string of the molecule is CCC1C(C=O)N(C)c2cnc(N3CCN=C3c3ccccc3)nc2N1C(C)C. The molecule has 29 heavy (non-hydrogen) atoms. The lowest BCUT2D eigenvalue weighted by Gasteiger charge is -2.47. The average Bonchev–Trinajstić information content (AvgIpc) is 3.23.